The van der Waals surface area contributed by atoms with Gasteiger partial charge in [0.05, 0.1) is 10.0 Å². The minimum absolute atomic E-state index is 0.546. The molecule has 0 saturated carbocycles. The molecular weight excluding hydrogens is 445 g/mol. The van der Waals surface area contributed by atoms with Crippen molar-refractivity contribution in [1.82, 2.24) is 14.8 Å². The maximum Gasteiger partial charge on any atom is 0.196 e. The van der Waals surface area contributed by atoms with Gasteiger partial charge in [-0.05, 0) is 48.4 Å². The average molecular weight is 461 g/mol. The van der Waals surface area contributed by atoms with Crippen LogP contribution in [0.15, 0.2) is 71.9 Å². The minimum Gasteiger partial charge on any atom is -0.270 e. The van der Waals surface area contributed by atoms with Gasteiger partial charge in [-0.3, -0.25) is 4.57 Å². The van der Waals surface area contributed by atoms with E-state index in [1.165, 1.54) is 0 Å². The van der Waals surface area contributed by atoms with Gasteiger partial charge in [-0.25, -0.2) is 0 Å². The Labute approximate surface area is 188 Å². The number of hydrogen-bond acceptors (Lipinski definition) is 3. The van der Waals surface area contributed by atoms with E-state index in [0.717, 1.165) is 33.4 Å². The van der Waals surface area contributed by atoms with Crippen LogP contribution in [0, 0.1) is 6.92 Å². The zero-order valence-corrected chi connectivity index (χ0v) is 18.5. The molecule has 146 valence electrons. The molecule has 3 aromatic carbocycles. The van der Waals surface area contributed by atoms with Crippen molar-refractivity contribution in [3.63, 3.8) is 0 Å². The summed E-state index contributed by atoms with van der Waals surface area (Å²) in [6.07, 6.45) is 0. The molecule has 0 aliphatic heterocycles. The summed E-state index contributed by atoms with van der Waals surface area (Å²) >= 11 is 20.1. The Morgan fingerprint density at radius 3 is 2.34 bits per heavy atom. The average Bonchev–Trinajstić information content (AvgIpc) is 3.15. The van der Waals surface area contributed by atoms with Crippen LogP contribution in [0.2, 0.25) is 15.1 Å². The topological polar surface area (TPSA) is 30.7 Å². The number of rotatable bonds is 5. The molecule has 0 N–H and O–H groups in total. The van der Waals surface area contributed by atoms with E-state index >= 15 is 0 Å². The molecule has 1 heterocycles. The number of aryl methyl sites for hydroxylation is 1. The fraction of sp³-hybridized carbons (Fsp3) is 0.0909. The number of para-hydroxylation sites is 1. The van der Waals surface area contributed by atoms with E-state index < -0.39 is 0 Å². The van der Waals surface area contributed by atoms with Gasteiger partial charge in [0, 0.05) is 22.0 Å². The Hall–Kier alpha value is -1.98. The van der Waals surface area contributed by atoms with Crippen LogP contribution in [-0.4, -0.2) is 14.8 Å². The van der Waals surface area contributed by atoms with Crippen molar-refractivity contribution < 1.29 is 0 Å². The van der Waals surface area contributed by atoms with Crippen molar-refractivity contribution in [2.75, 3.05) is 0 Å². The Morgan fingerprint density at radius 1 is 0.828 bits per heavy atom. The highest BCUT2D eigenvalue weighted by atomic mass is 35.5. The SMILES string of the molecule is Cc1ccc(-c2nnc(SCc3ccc(Cl)c(Cl)c3)n2-c2ccccc2)cc1Cl. The number of nitrogens with zero attached hydrogens (tertiary/aromatic N) is 3. The van der Waals surface area contributed by atoms with Crippen LogP contribution in [-0.2, 0) is 5.75 Å². The number of aromatic nitrogens is 3. The molecule has 4 aromatic rings. The summed E-state index contributed by atoms with van der Waals surface area (Å²) in [5.41, 5.74) is 3.99. The zero-order valence-electron chi connectivity index (χ0n) is 15.4. The second-order valence-electron chi connectivity index (χ2n) is 6.48. The lowest BCUT2D eigenvalue weighted by molar-refractivity contribution is 0.886. The van der Waals surface area contributed by atoms with Gasteiger partial charge in [-0.1, -0.05) is 83.0 Å². The van der Waals surface area contributed by atoms with Gasteiger partial charge < -0.3 is 0 Å². The van der Waals surface area contributed by atoms with Gasteiger partial charge in [0.25, 0.3) is 0 Å². The van der Waals surface area contributed by atoms with Crippen LogP contribution in [0.3, 0.4) is 0 Å². The lowest BCUT2D eigenvalue weighted by Gasteiger charge is -2.11. The van der Waals surface area contributed by atoms with Crippen molar-refractivity contribution in [3.8, 4) is 17.1 Å². The summed E-state index contributed by atoms with van der Waals surface area (Å²) in [7, 11) is 0. The quantitative estimate of drug-likeness (QED) is 0.289. The molecule has 0 aliphatic rings. The van der Waals surface area contributed by atoms with E-state index in [1.54, 1.807) is 17.8 Å². The van der Waals surface area contributed by atoms with Gasteiger partial charge in [0.15, 0.2) is 11.0 Å². The predicted octanol–water partition coefficient (Wildman–Crippen LogP) is 7.50. The van der Waals surface area contributed by atoms with Crippen LogP contribution in [0.4, 0.5) is 0 Å². The van der Waals surface area contributed by atoms with Crippen molar-refractivity contribution in [3.05, 3.63) is 92.9 Å². The Morgan fingerprint density at radius 2 is 1.62 bits per heavy atom. The highest BCUT2D eigenvalue weighted by Crippen LogP contribution is 2.32. The van der Waals surface area contributed by atoms with Gasteiger partial charge >= 0.3 is 0 Å². The highest BCUT2D eigenvalue weighted by Gasteiger charge is 2.17. The highest BCUT2D eigenvalue weighted by molar-refractivity contribution is 7.98. The van der Waals surface area contributed by atoms with Crippen LogP contribution >= 0.6 is 46.6 Å². The minimum atomic E-state index is 0.546. The fourth-order valence-electron chi connectivity index (χ4n) is 2.87. The van der Waals surface area contributed by atoms with Crippen molar-refractivity contribution in [2.45, 2.75) is 17.8 Å². The lowest BCUT2D eigenvalue weighted by Crippen LogP contribution is -1.99. The molecule has 4 rings (SSSR count). The van der Waals surface area contributed by atoms with E-state index in [2.05, 4.69) is 10.2 Å². The van der Waals surface area contributed by atoms with Gasteiger partial charge in [0.2, 0.25) is 0 Å². The number of halogens is 3. The van der Waals surface area contributed by atoms with E-state index in [1.807, 2.05) is 72.2 Å². The summed E-state index contributed by atoms with van der Waals surface area (Å²) in [5.74, 6) is 1.44. The maximum atomic E-state index is 6.35. The molecule has 3 nitrogen and oxygen atoms in total. The summed E-state index contributed by atoms with van der Waals surface area (Å²) in [4.78, 5) is 0. The molecule has 0 aliphatic carbocycles. The molecule has 29 heavy (non-hydrogen) atoms. The van der Waals surface area contributed by atoms with E-state index in [4.69, 9.17) is 34.8 Å². The summed E-state index contributed by atoms with van der Waals surface area (Å²) in [6, 6.07) is 21.6. The van der Waals surface area contributed by atoms with E-state index in [9.17, 15) is 0 Å². The Bertz CT molecular complexity index is 1160. The first kappa shape index (κ1) is 20.3. The lowest BCUT2D eigenvalue weighted by atomic mass is 10.1. The van der Waals surface area contributed by atoms with Crippen LogP contribution < -0.4 is 0 Å². The van der Waals surface area contributed by atoms with Crippen molar-refractivity contribution in [2.24, 2.45) is 0 Å². The van der Waals surface area contributed by atoms with E-state index in [-0.39, 0.29) is 0 Å². The predicted molar refractivity (Wildman–Crippen MR) is 123 cm³/mol. The number of thioether (sulfide) groups is 1. The van der Waals surface area contributed by atoms with Crippen LogP contribution in [0.5, 0.6) is 0 Å². The fourth-order valence-corrected chi connectivity index (χ4v) is 4.27. The first-order valence-corrected chi connectivity index (χ1v) is 11.0. The molecule has 0 radical (unpaired) electrons. The molecule has 7 heteroatoms. The first-order valence-electron chi connectivity index (χ1n) is 8.87. The zero-order chi connectivity index (χ0) is 20.4. The standard InChI is InChI=1S/C22H16Cl3N3S/c1-14-7-9-16(12-19(14)24)21-26-27-22(28(21)17-5-3-2-4-6-17)29-13-15-8-10-18(23)20(25)11-15/h2-12H,13H2,1H3. The molecule has 0 saturated heterocycles. The van der Waals surface area contributed by atoms with Gasteiger partial charge in [0.1, 0.15) is 0 Å². The Balaban J connectivity index is 1.73. The smallest absolute Gasteiger partial charge is 0.196 e. The molecule has 0 fully saturated rings. The summed E-state index contributed by atoms with van der Waals surface area (Å²) in [5, 5.41) is 11.5. The number of hydrogen-bond donors (Lipinski definition) is 0. The van der Waals surface area contributed by atoms with Crippen molar-refractivity contribution in [1.29, 1.82) is 0 Å². The largest absolute Gasteiger partial charge is 0.270 e. The molecule has 0 spiro atoms. The monoisotopic (exact) mass is 459 g/mol. The Kier molecular flexibility index (Phi) is 6.16. The van der Waals surface area contributed by atoms with Crippen molar-refractivity contribution >= 4 is 46.6 Å². The third-order valence-electron chi connectivity index (χ3n) is 4.43. The second-order valence-corrected chi connectivity index (χ2v) is 8.64. The second kappa shape index (κ2) is 8.80. The molecular formula is C22H16Cl3N3S. The third kappa shape index (κ3) is 4.46. The van der Waals surface area contributed by atoms with E-state index in [0.29, 0.717) is 20.8 Å². The van der Waals surface area contributed by atoms with Gasteiger partial charge in [-0.2, -0.15) is 0 Å². The van der Waals surface area contributed by atoms with Crippen LogP contribution in [0.1, 0.15) is 11.1 Å². The molecule has 0 bridgehead atoms. The normalized spacial score (nSPS) is 11.0. The molecule has 1 aromatic heterocycles. The summed E-state index contributed by atoms with van der Waals surface area (Å²) < 4.78 is 2.04. The third-order valence-corrected chi connectivity index (χ3v) is 6.58. The molecule has 0 atom stereocenters. The van der Waals surface area contributed by atoms with Gasteiger partial charge in [-0.15, -0.1) is 10.2 Å². The summed E-state index contributed by atoms with van der Waals surface area (Å²) in [6.45, 7) is 1.98. The van der Waals surface area contributed by atoms with Crippen LogP contribution in [0.25, 0.3) is 17.1 Å². The number of benzene rings is 3. The maximum absolute atomic E-state index is 6.35. The first-order chi connectivity index (χ1) is 14.0. The molecule has 0 unspecified atom stereocenters. The molecule has 0 amide bonds.